The van der Waals surface area contributed by atoms with E-state index in [4.69, 9.17) is 25.8 Å². The number of halogens is 2. The average Bonchev–Trinajstić information content (AvgIpc) is 2.61. The van der Waals surface area contributed by atoms with E-state index in [1.807, 2.05) is 36.4 Å². The molecule has 0 radical (unpaired) electrons. The number of methoxy groups -OCH3 is 2. The van der Waals surface area contributed by atoms with Crippen molar-refractivity contribution in [3.8, 4) is 11.5 Å². The van der Waals surface area contributed by atoms with Crippen molar-refractivity contribution in [3.05, 3.63) is 57.0 Å². The predicted molar refractivity (Wildman–Crippen MR) is 105 cm³/mol. The Bertz CT molecular complexity index is 664. The van der Waals surface area contributed by atoms with Crippen molar-refractivity contribution in [2.24, 2.45) is 0 Å². The van der Waals surface area contributed by atoms with Gasteiger partial charge < -0.3 is 19.5 Å². The maximum absolute atomic E-state index is 5.95. The number of benzene rings is 2. The number of nitrogens with one attached hydrogen (secondary N) is 1. The molecule has 0 aliphatic rings. The quantitative estimate of drug-likeness (QED) is 0.551. The first-order valence-electron chi connectivity index (χ1n) is 8.07. The predicted octanol–water partition coefficient (Wildman–Crippen LogP) is 4.82. The summed E-state index contributed by atoms with van der Waals surface area (Å²) >= 11 is 9.49. The fourth-order valence-corrected chi connectivity index (χ4v) is 3.06. The Morgan fingerprint density at radius 3 is 2.52 bits per heavy atom. The second kappa shape index (κ2) is 10.7. The summed E-state index contributed by atoms with van der Waals surface area (Å²) in [6.07, 6.45) is 0.983. The summed E-state index contributed by atoms with van der Waals surface area (Å²) in [5, 5.41) is 4.10. The van der Waals surface area contributed by atoms with Crippen molar-refractivity contribution in [2.45, 2.75) is 19.6 Å². The molecular formula is C19H23BrClNO3. The molecule has 0 fully saturated rings. The zero-order valence-corrected chi connectivity index (χ0v) is 16.8. The van der Waals surface area contributed by atoms with Crippen LogP contribution in [0.4, 0.5) is 0 Å². The lowest BCUT2D eigenvalue weighted by molar-refractivity contribution is 0.194. The number of hydrogen-bond acceptors (Lipinski definition) is 4. The summed E-state index contributed by atoms with van der Waals surface area (Å²) in [5.74, 6) is 1.40. The van der Waals surface area contributed by atoms with Gasteiger partial charge in [0.2, 0.25) is 0 Å². The molecule has 0 unspecified atom stereocenters. The molecule has 4 nitrogen and oxygen atoms in total. The first-order chi connectivity index (χ1) is 12.1. The van der Waals surface area contributed by atoms with Gasteiger partial charge in [-0.1, -0.05) is 23.7 Å². The molecule has 0 spiro atoms. The van der Waals surface area contributed by atoms with Crippen molar-refractivity contribution in [2.75, 3.05) is 27.4 Å². The maximum Gasteiger partial charge on any atom is 0.175 e. The molecular weight excluding hydrogens is 406 g/mol. The lowest BCUT2D eigenvalue weighted by atomic mass is 10.2. The lowest BCUT2D eigenvalue weighted by Gasteiger charge is -2.15. The number of rotatable bonds is 10. The minimum absolute atomic E-state index is 0.445. The van der Waals surface area contributed by atoms with E-state index >= 15 is 0 Å². The molecule has 0 aliphatic carbocycles. The molecule has 6 heteroatoms. The molecule has 0 saturated carbocycles. The van der Waals surface area contributed by atoms with Gasteiger partial charge in [0.1, 0.15) is 6.61 Å². The van der Waals surface area contributed by atoms with E-state index < -0.39 is 0 Å². The van der Waals surface area contributed by atoms with Crippen LogP contribution in [-0.2, 0) is 17.9 Å². The lowest BCUT2D eigenvalue weighted by Crippen LogP contribution is -2.16. The van der Waals surface area contributed by atoms with E-state index in [9.17, 15) is 0 Å². The highest BCUT2D eigenvalue weighted by Gasteiger charge is 2.12. The topological polar surface area (TPSA) is 39.7 Å². The molecule has 2 rings (SSSR count). The van der Waals surface area contributed by atoms with Crippen LogP contribution in [0.25, 0.3) is 0 Å². The SMILES string of the molecule is COCCCNCc1cc(Br)c(OCc2ccc(Cl)cc2)c(OC)c1. The monoisotopic (exact) mass is 427 g/mol. The van der Waals surface area contributed by atoms with Crippen molar-refractivity contribution in [1.29, 1.82) is 0 Å². The van der Waals surface area contributed by atoms with Crippen LogP contribution in [0, 0.1) is 0 Å². The van der Waals surface area contributed by atoms with E-state index in [1.54, 1.807) is 14.2 Å². The van der Waals surface area contributed by atoms with Crippen LogP contribution < -0.4 is 14.8 Å². The Morgan fingerprint density at radius 1 is 1.08 bits per heavy atom. The molecule has 0 heterocycles. The summed E-state index contributed by atoms with van der Waals surface area (Å²) in [4.78, 5) is 0. The Morgan fingerprint density at radius 2 is 1.84 bits per heavy atom. The third-order valence-electron chi connectivity index (χ3n) is 3.62. The molecule has 1 N–H and O–H groups in total. The Hall–Kier alpha value is -1.27. The third kappa shape index (κ3) is 6.51. The minimum Gasteiger partial charge on any atom is -0.493 e. The van der Waals surface area contributed by atoms with Gasteiger partial charge in [0.05, 0.1) is 11.6 Å². The molecule has 25 heavy (non-hydrogen) atoms. The van der Waals surface area contributed by atoms with Crippen LogP contribution in [0.1, 0.15) is 17.5 Å². The highest BCUT2D eigenvalue weighted by atomic mass is 79.9. The van der Waals surface area contributed by atoms with Crippen molar-refractivity contribution < 1.29 is 14.2 Å². The van der Waals surface area contributed by atoms with E-state index in [2.05, 4.69) is 21.2 Å². The molecule has 0 atom stereocenters. The normalized spacial score (nSPS) is 10.7. The van der Waals surface area contributed by atoms with Crippen LogP contribution in [-0.4, -0.2) is 27.4 Å². The largest absolute Gasteiger partial charge is 0.493 e. The Kier molecular flexibility index (Phi) is 8.55. The van der Waals surface area contributed by atoms with E-state index in [-0.39, 0.29) is 0 Å². The highest BCUT2D eigenvalue weighted by Crippen LogP contribution is 2.37. The summed E-state index contributed by atoms with van der Waals surface area (Å²) in [5.41, 5.74) is 2.17. The van der Waals surface area contributed by atoms with E-state index in [0.717, 1.165) is 41.7 Å². The van der Waals surface area contributed by atoms with Crippen molar-refractivity contribution in [3.63, 3.8) is 0 Å². The minimum atomic E-state index is 0.445. The van der Waals surface area contributed by atoms with Crippen LogP contribution in [0.5, 0.6) is 11.5 Å². The zero-order valence-electron chi connectivity index (χ0n) is 14.5. The van der Waals surface area contributed by atoms with Crippen LogP contribution >= 0.6 is 27.5 Å². The molecule has 0 aromatic heterocycles. The van der Waals surface area contributed by atoms with Gasteiger partial charge in [0.15, 0.2) is 11.5 Å². The fourth-order valence-electron chi connectivity index (χ4n) is 2.33. The van der Waals surface area contributed by atoms with Crippen LogP contribution in [0.3, 0.4) is 0 Å². The molecule has 0 amide bonds. The maximum atomic E-state index is 5.95. The van der Waals surface area contributed by atoms with Gasteiger partial charge in [-0.05, 0) is 64.3 Å². The standard InChI is InChI=1S/C19H23BrClNO3/c1-23-9-3-8-22-12-15-10-17(20)19(18(11-15)24-2)25-13-14-4-6-16(21)7-5-14/h4-7,10-11,22H,3,8-9,12-13H2,1-2H3. The summed E-state index contributed by atoms with van der Waals surface area (Å²) in [6.45, 7) is 2.87. The van der Waals surface area contributed by atoms with Crippen molar-refractivity contribution >= 4 is 27.5 Å². The first kappa shape index (κ1) is 20.0. The number of ether oxygens (including phenoxy) is 3. The van der Waals surface area contributed by atoms with Gasteiger partial charge in [-0.3, -0.25) is 0 Å². The van der Waals surface area contributed by atoms with Crippen molar-refractivity contribution in [1.82, 2.24) is 5.32 Å². The van der Waals surface area contributed by atoms with Gasteiger partial charge in [-0.2, -0.15) is 0 Å². The molecule has 0 aliphatic heterocycles. The van der Waals surface area contributed by atoms with E-state index in [1.165, 1.54) is 0 Å². The molecule has 2 aromatic carbocycles. The first-order valence-corrected chi connectivity index (χ1v) is 9.24. The summed E-state index contributed by atoms with van der Waals surface area (Å²) in [7, 11) is 3.36. The zero-order chi connectivity index (χ0) is 18.1. The second-order valence-electron chi connectivity index (χ2n) is 5.55. The highest BCUT2D eigenvalue weighted by molar-refractivity contribution is 9.10. The average molecular weight is 429 g/mol. The summed E-state index contributed by atoms with van der Waals surface area (Å²) < 4.78 is 17.4. The fraction of sp³-hybridized carbons (Fsp3) is 0.368. The molecule has 2 aromatic rings. The molecule has 0 saturated heterocycles. The van der Waals surface area contributed by atoms with E-state index in [0.29, 0.717) is 23.1 Å². The van der Waals surface area contributed by atoms with Gasteiger partial charge in [0, 0.05) is 25.3 Å². The van der Waals surface area contributed by atoms with Gasteiger partial charge in [-0.15, -0.1) is 0 Å². The van der Waals surface area contributed by atoms with Gasteiger partial charge >= 0.3 is 0 Å². The molecule has 136 valence electrons. The van der Waals surface area contributed by atoms with Gasteiger partial charge in [0.25, 0.3) is 0 Å². The van der Waals surface area contributed by atoms with Crippen LogP contribution in [0.2, 0.25) is 5.02 Å². The smallest absolute Gasteiger partial charge is 0.175 e. The third-order valence-corrected chi connectivity index (χ3v) is 4.46. The van der Waals surface area contributed by atoms with Gasteiger partial charge in [-0.25, -0.2) is 0 Å². The summed E-state index contributed by atoms with van der Waals surface area (Å²) in [6, 6.07) is 11.6. The number of hydrogen-bond donors (Lipinski definition) is 1. The molecule has 0 bridgehead atoms. The van der Waals surface area contributed by atoms with Crippen LogP contribution in [0.15, 0.2) is 40.9 Å². The second-order valence-corrected chi connectivity index (χ2v) is 6.84. The Labute approximate surface area is 162 Å². The Balaban J connectivity index is 1.99.